The van der Waals surface area contributed by atoms with Crippen LogP contribution in [0.25, 0.3) is 11.4 Å². The van der Waals surface area contributed by atoms with E-state index in [9.17, 15) is 19.7 Å². The van der Waals surface area contributed by atoms with Crippen molar-refractivity contribution in [2.75, 3.05) is 23.3 Å². The molecule has 2 aromatic carbocycles. The van der Waals surface area contributed by atoms with Crippen LogP contribution in [-0.2, 0) is 0 Å². The Bertz CT molecular complexity index is 1260. The predicted molar refractivity (Wildman–Crippen MR) is 127 cm³/mol. The minimum atomic E-state index is -0.501. The summed E-state index contributed by atoms with van der Waals surface area (Å²) >= 11 is 0. The standard InChI is InChI=1S/C24H25N5O4/c1-15-8-10-28(11-9-15)21-7-6-19(29(32)33)14-20(21)24(31)26-18-5-3-4-17(13-18)23-25-16(2)12-22(30)27-23/h3-7,12-15H,8-11H2,1-2H3,(H,26,31)(H,25,27,30). The summed E-state index contributed by atoms with van der Waals surface area (Å²) in [5, 5.41) is 14.2. The molecule has 0 aliphatic carbocycles. The maximum Gasteiger partial charge on any atom is 0.270 e. The fourth-order valence-corrected chi connectivity index (χ4v) is 4.00. The van der Waals surface area contributed by atoms with Crippen molar-refractivity contribution < 1.29 is 9.72 Å². The largest absolute Gasteiger partial charge is 0.371 e. The van der Waals surface area contributed by atoms with Gasteiger partial charge in [0, 0.05) is 48.2 Å². The lowest BCUT2D eigenvalue weighted by Gasteiger charge is -2.33. The van der Waals surface area contributed by atoms with Crippen molar-refractivity contribution in [3.8, 4) is 11.4 Å². The number of carbonyl (C=O) groups excluding carboxylic acids is 1. The van der Waals surface area contributed by atoms with E-state index in [0.29, 0.717) is 34.4 Å². The highest BCUT2D eigenvalue weighted by molar-refractivity contribution is 6.08. The van der Waals surface area contributed by atoms with E-state index in [-0.39, 0.29) is 16.8 Å². The molecule has 1 fully saturated rings. The second kappa shape index (κ2) is 9.23. The first-order chi connectivity index (χ1) is 15.8. The van der Waals surface area contributed by atoms with Gasteiger partial charge in [-0.3, -0.25) is 19.7 Å². The molecule has 0 atom stereocenters. The second-order valence-electron chi connectivity index (χ2n) is 8.40. The zero-order valence-electron chi connectivity index (χ0n) is 18.5. The molecule has 170 valence electrons. The van der Waals surface area contributed by atoms with Crippen LogP contribution in [0.2, 0.25) is 0 Å². The Labute approximate surface area is 190 Å². The Hall–Kier alpha value is -4.01. The number of amides is 1. The van der Waals surface area contributed by atoms with Gasteiger partial charge in [0.05, 0.1) is 16.2 Å². The van der Waals surface area contributed by atoms with Gasteiger partial charge in [0.1, 0.15) is 5.82 Å². The Balaban J connectivity index is 1.64. The number of nitro benzene ring substituents is 1. The van der Waals surface area contributed by atoms with Crippen molar-refractivity contribution in [2.45, 2.75) is 26.7 Å². The SMILES string of the molecule is Cc1cc(=O)[nH]c(-c2cccc(NC(=O)c3cc([N+](=O)[O-])ccc3N3CCC(C)CC3)c2)n1. The second-order valence-corrected chi connectivity index (χ2v) is 8.40. The molecule has 1 aliphatic heterocycles. The van der Waals surface area contributed by atoms with Gasteiger partial charge in [-0.1, -0.05) is 19.1 Å². The summed E-state index contributed by atoms with van der Waals surface area (Å²) in [6.45, 7) is 5.52. The number of H-pyrrole nitrogens is 1. The summed E-state index contributed by atoms with van der Waals surface area (Å²) in [4.78, 5) is 45.0. The minimum Gasteiger partial charge on any atom is -0.371 e. The Morgan fingerprint density at radius 3 is 2.64 bits per heavy atom. The van der Waals surface area contributed by atoms with Crippen LogP contribution < -0.4 is 15.8 Å². The summed E-state index contributed by atoms with van der Waals surface area (Å²) in [5.74, 6) is 0.575. The molecule has 2 heterocycles. The number of anilines is 2. The normalized spacial score (nSPS) is 14.2. The zero-order valence-corrected chi connectivity index (χ0v) is 18.5. The third kappa shape index (κ3) is 5.08. The summed E-state index contributed by atoms with van der Waals surface area (Å²) in [6.07, 6.45) is 2.00. The molecule has 0 spiro atoms. The maximum atomic E-state index is 13.2. The smallest absolute Gasteiger partial charge is 0.270 e. The number of carbonyl (C=O) groups is 1. The van der Waals surface area contributed by atoms with Crippen LogP contribution in [0, 0.1) is 23.0 Å². The zero-order chi connectivity index (χ0) is 23.5. The van der Waals surface area contributed by atoms with Gasteiger partial charge in [-0.05, 0) is 43.9 Å². The summed E-state index contributed by atoms with van der Waals surface area (Å²) in [7, 11) is 0. The minimum absolute atomic E-state index is 0.135. The fourth-order valence-electron chi connectivity index (χ4n) is 4.00. The van der Waals surface area contributed by atoms with E-state index in [1.54, 1.807) is 37.3 Å². The van der Waals surface area contributed by atoms with Gasteiger partial charge in [-0.25, -0.2) is 4.98 Å². The molecule has 9 heteroatoms. The van der Waals surface area contributed by atoms with Crippen molar-refractivity contribution in [2.24, 2.45) is 5.92 Å². The van der Waals surface area contributed by atoms with E-state index in [2.05, 4.69) is 27.1 Å². The molecule has 4 rings (SSSR count). The molecule has 1 aromatic heterocycles. The van der Waals surface area contributed by atoms with Gasteiger partial charge in [-0.15, -0.1) is 0 Å². The van der Waals surface area contributed by atoms with E-state index < -0.39 is 10.8 Å². The number of non-ortho nitro benzene ring substituents is 1. The Morgan fingerprint density at radius 2 is 1.94 bits per heavy atom. The van der Waals surface area contributed by atoms with Gasteiger partial charge >= 0.3 is 0 Å². The van der Waals surface area contributed by atoms with Crippen molar-refractivity contribution in [1.29, 1.82) is 0 Å². The molecule has 33 heavy (non-hydrogen) atoms. The quantitative estimate of drug-likeness (QED) is 0.448. The maximum absolute atomic E-state index is 13.2. The monoisotopic (exact) mass is 447 g/mol. The average Bonchev–Trinajstić information content (AvgIpc) is 2.79. The topological polar surface area (TPSA) is 121 Å². The van der Waals surface area contributed by atoms with Crippen LogP contribution in [0.3, 0.4) is 0 Å². The summed E-state index contributed by atoms with van der Waals surface area (Å²) in [5.41, 5.74) is 2.26. The van der Waals surface area contributed by atoms with E-state index >= 15 is 0 Å². The lowest BCUT2D eigenvalue weighted by molar-refractivity contribution is -0.384. The van der Waals surface area contributed by atoms with E-state index in [4.69, 9.17) is 0 Å². The number of rotatable bonds is 5. The van der Waals surface area contributed by atoms with Crippen LogP contribution in [0.4, 0.5) is 17.1 Å². The van der Waals surface area contributed by atoms with Gasteiger partial charge < -0.3 is 15.2 Å². The number of nitro groups is 1. The molecule has 9 nitrogen and oxygen atoms in total. The number of aryl methyl sites for hydroxylation is 1. The van der Waals surface area contributed by atoms with E-state index in [1.807, 2.05) is 0 Å². The molecule has 3 aromatic rings. The number of aromatic nitrogens is 2. The third-order valence-corrected chi connectivity index (χ3v) is 5.82. The highest BCUT2D eigenvalue weighted by atomic mass is 16.6. The van der Waals surface area contributed by atoms with E-state index in [0.717, 1.165) is 25.9 Å². The molecule has 1 amide bonds. The van der Waals surface area contributed by atoms with Gasteiger partial charge in [0.2, 0.25) is 0 Å². The van der Waals surface area contributed by atoms with Crippen LogP contribution in [0.1, 0.15) is 35.8 Å². The highest BCUT2D eigenvalue weighted by Crippen LogP contribution is 2.30. The lowest BCUT2D eigenvalue weighted by atomic mass is 9.97. The molecular weight excluding hydrogens is 422 g/mol. The average molecular weight is 447 g/mol. The first kappa shape index (κ1) is 22.2. The van der Waals surface area contributed by atoms with Crippen molar-refractivity contribution >= 4 is 23.0 Å². The molecule has 0 radical (unpaired) electrons. The number of hydrogen-bond donors (Lipinski definition) is 2. The number of hydrogen-bond acceptors (Lipinski definition) is 6. The van der Waals surface area contributed by atoms with Crippen LogP contribution in [-0.4, -0.2) is 33.9 Å². The molecule has 1 saturated heterocycles. The number of nitrogens with zero attached hydrogens (tertiary/aromatic N) is 3. The van der Waals surface area contributed by atoms with Gasteiger partial charge in [0.25, 0.3) is 17.2 Å². The Kier molecular flexibility index (Phi) is 6.21. The summed E-state index contributed by atoms with van der Waals surface area (Å²) in [6, 6.07) is 12.8. The number of piperidine rings is 1. The molecule has 0 bridgehead atoms. The Morgan fingerprint density at radius 1 is 1.18 bits per heavy atom. The van der Waals surface area contributed by atoms with E-state index in [1.165, 1.54) is 18.2 Å². The predicted octanol–water partition coefficient (Wildman–Crippen LogP) is 4.14. The molecule has 2 N–H and O–H groups in total. The van der Waals surface area contributed by atoms with Crippen molar-refractivity contribution in [3.63, 3.8) is 0 Å². The number of aromatic amines is 1. The van der Waals surface area contributed by atoms with Crippen molar-refractivity contribution in [1.82, 2.24) is 9.97 Å². The summed E-state index contributed by atoms with van der Waals surface area (Å²) < 4.78 is 0. The number of benzene rings is 2. The highest BCUT2D eigenvalue weighted by Gasteiger charge is 2.23. The molecular formula is C24H25N5O4. The van der Waals surface area contributed by atoms with Gasteiger partial charge in [0.15, 0.2) is 0 Å². The molecule has 0 saturated carbocycles. The van der Waals surface area contributed by atoms with Crippen LogP contribution in [0.15, 0.2) is 53.3 Å². The first-order valence-corrected chi connectivity index (χ1v) is 10.8. The van der Waals surface area contributed by atoms with Crippen LogP contribution in [0.5, 0.6) is 0 Å². The number of nitrogens with one attached hydrogen (secondary N) is 2. The molecule has 1 aliphatic rings. The van der Waals surface area contributed by atoms with Gasteiger partial charge in [-0.2, -0.15) is 0 Å². The lowest BCUT2D eigenvalue weighted by Crippen LogP contribution is -2.34. The third-order valence-electron chi connectivity index (χ3n) is 5.82. The molecule has 0 unspecified atom stereocenters. The first-order valence-electron chi connectivity index (χ1n) is 10.8. The van der Waals surface area contributed by atoms with Crippen LogP contribution >= 0.6 is 0 Å². The van der Waals surface area contributed by atoms with Crippen molar-refractivity contribution in [3.05, 3.63) is 80.3 Å². The fraction of sp³-hybridized carbons (Fsp3) is 0.292.